The maximum absolute atomic E-state index is 15.4. The summed E-state index contributed by atoms with van der Waals surface area (Å²) in [5.74, 6) is -7.25. The summed E-state index contributed by atoms with van der Waals surface area (Å²) in [5, 5.41) is 11.5. The lowest BCUT2D eigenvalue weighted by Gasteiger charge is -2.50. The number of imide groups is 2. The third kappa shape index (κ3) is 6.08. The lowest BCUT2D eigenvalue weighted by molar-refractivity contribution is -0.139. The smallest absolute Gasteiger partial charge is 0.417 e. The molecule has 57 heavy (non-hydrogen) atoms. The van der Waals surface area contributed by atoms with Crippen molar-refractivity contribution in [1.82, 2.24) is 9.99 Å². The molecule has 1 aromatic heterocycles. The van der Waals surface area contributed by atoms with E-state index in [1.54, 1.807) is 48.5 Å². The third-order valence-corrected chi connectivity index (χ3v) is 13.1. The summed E-state index contributed by atoms with van der Waals surface area (Å²) in [5.41, 5.74) is 2.72. The van der Waals surface area contributed by atoms with E-state index >= 15 is 4.79 Å². The van der Waals surface area contributed by atoms with Gasteiger partial charge >= 0.3 is 6.18 Å². The van der Waals surface area contributed by atoms with Crippen molar-refractivity contribution in [2.45, 2.75) is 43.7 Å². The van der Waals surface area contributed by atoms with E-state index in [1.807, 2.05) is 47.7 Å². The Balaban J connectivity index is 1.32. The molecule has 3 aromatic carbocycles. The van der Waals surface area contributed by atoms with E-state index in [1.165, 1.54) is 12.0 Å². The molecular weight excluding hydrogens is 899 g/mol. The van der Waals surface area contributed by atoms with Crippen LogP contribution in [0.4, 0.5) is 24.7 Å². The average Bonchev–Trinajstić information content (AvgIpc) is 3.57. The second-order valence-corrected chi connectivity index (χ2v) is 16.5. The molecule has 2 N–H and O–H groups in total. The summed E-state index contributed by atoms with van der Waals surface area (Å²) in [6.45, 7) is 2.00. The number of phenols is 1. The molecule has 294 valence electrons. The number of allylic oxidation sites excluding steroid dienone is 2. The Kier molecular flexibility index (Phi) is 9.83. The molecule has 3 heterocycles. The zero-order chi connectivity index (χ0) is 40.7. The Morgan fingerprint density at radius 2 is 1.68 bits per heavy atom. The molecule has 16 heteroatoms. The molecule has 4 amide bonds. The van der Waals surface area contributed by atoms with Gasteiger partial charge in [-0.25, -0.2) is 4.98 Å². The van der Waals surface area contributed by atoms with Gasteiger partial charge in [0.15, 0.2) is 17.3 Å². The number of fused-ring (bicyclic) bond motifs is 4. The van der Waals surface area contributed by atoms with Gasteiger partial charge in [-0.3, -0.25) is 29.5 Å². The Labute approximate surface area is 348 Å². The van der Waals surface area contributed by atoms with E-state index in [9.17, 15) is 32.7 Å². The fraction of sp³-hybridized carbons (Fsp3) is 0.293. The van der Waals surface area contributed by atoms with Crippen molar-refractivity contribution in [1.29, 1.82) is 0 Å². The number of hydrogen-bond acceptors (Lipinski definition) is 8. The summed E-state index contributed by atoms with van der Waals surface area (Å²) in [6.07, 6.45) is -1.44. The van der Waals surface area contributed by atoms with Gasteiger partial charge in [0, 0.05) is 17.1 Å². The molecule has 1 saturated carbocycles. The van der Waals surface area contributed by atoms with Crippen LogP contribution in [0.1, 0.15) is 47.9 Å². The van der Waals surface area contributed by atoms with Crippen LogP contribution in [-0.4, -0.2) is 45.8 Å². The molecule has 0 radical (unpaired) electrons. The van der Waals surface area contributed by atoms with Crippen molar-refractivity contribution < 1.29 is 42.2 Å². The van der Waals surface area contributed by atoms with Gasteiger partial charge < -0.3 is 9.84 Å². The average molecular weight is 932 g/mol. The fourth-order valence-corrected chi connectivity index (χ4v) is 10.2. The molecule has 2 aliphatic carbocycles. The molecule has 6 atom stereocenters. The highest BCUT2D eigenvalue weighted by Crippen LogP contribution is 2.64. The Morgan fingerprint density at radius 3 is 2.32 bits per heavy atom. The number of nitrogens with zero attached hydrogens (tertiary/aromatic N) is 3. The maximum atomic E-state index is 15.4. The number of alkyl halides is 3. The van der Waals surface area contributed by atoms with Crippen LogP contribution in [-0.2, 0) is 37.2 Å². The summed E-state index contributed by atoms with van der Waals surface area (Å²) >= 11 is 14.6. The van der Waals surface area contributed by atoms with Gasteiger partial charge in [-0.1, -0.05) is 66.0 Å². The van der Waals surface area contributed by atoms with Gasteiger partial charge in [0.25, 0.3) is 11.8 Å². The number of aromatic hydroxyl groups is 1. The molecule has 2 saturated heterocycles. The molecular formula is C41H32Cl2F3IN4O6. The standard InChI is InChI=1S/C41H32Cl2F3IN4O6/c1-3-19-4-10-24(11-5-19)50-36(53)26-13-12-25-27(32(26)38(50)55)17-28-37(54)51(49-35-29(43)16-22(18-48-35)41(44,45)46)39(56)40(28,21-6-8-23(42)9-7-21)33(25)20-14-30(47)34(52)31(15-20)57-2/h4-12,14-16,18,26-28,32-33,52H,3,13,17H2,1-2H3,(H,48,49)/t26-,27+,28-,32-,33-,40+/m0/s1. The highest BCUT2D eigenvalue weighted by molar-refractivity contribution is 14.1. The van der Waals surface area contributed by atoms with Gasteiger partial charge in [-0.2, -0.15) is 18.2 Å². The third-order valence-electron chi connectivity index (χ3n) is 11.8. The zero-order valence-corrected chi connectivity index (χ0v) is 33.8. The highest BCUT2D eigenvalue weighted by atomic mass is 127. The fourth-order valence-electron chi connectivity index (χ4n) is 9.21. The van der Waals surface area contributed by atoms with Crippen molar-refractivity contribution in [2.24, 2.45) is 23.7 Å². The predicted molar refractivity (Wildman–Crippen MR) is 213 cm³/mol. The number of benzene rings is 3. The second kappa shape index (κ2) is 14.3. The molecule has 0 bridgehead atoms. The number of carbonyl (C=O) groups excluding carboxylic acids is 4. The van der Waals surface area contributed by atoms with Crippen LogP contribution >= 0.6 is 45.8 Å². The van der Waals surface area contributed by atoms with Crippen molar-refractivity contribution in [2.75, 3.05) is 17.4 Å². The Morgan fingerprint density at radius 1 is 0.982 bits per heavy atom. The second-order valence-electron chi connectivity index (χ2n) is 14.5. The van der Waals surface area contributed by atoms with E-state index < -0.39 is 69.5 Å². The minimum absolute atomic E-state index is 0.0446. The van der Waals surface area contributed by atoms with Crippen LogP contribution in [0.2, 0.25) is 10.0 Å². The van der Waals surface area contributed by atoms with Crippen molar-refractivity contribution in [3.8, 4) is 11.5 Å². The van der Waals surface area contributed by atoms with Crippen LogP contribution in [0.3, 0.4) is 0 Å². The Bertz CT molecular complexity index is 2400. The van der Waals surface area contributed by atoms with Gasteiger partial charge in [0.1, 0.15) is 0 Å². The van der Waals surface area contributed by atoms with Crippen LogP contribution < -0.4 is 15.1 Å². The lowest BCUT2D eigenvalue weighted by Crippen LogP contribution is -2.53. The predicted octanol–water partition coefficient (Wildman–Crippen LogP) is 8.48. The van der Waals surface area contributed by atoms with Gasteiger partial charge in [-0.05, 0) is 107 Å². The molecule has 0 spiro atoms. The van der Waals surface area contributed by atoms with E-state index in [4.69, 9.17) is 27.9 Å². The number of rotatable bonds is 7. The SMILES string of the molecule is CCc1ccc(N2C(=O)[C@H]3[C@H](CC=C4[C@H]3C[C@H]3C(=O)N(Nc5ncc(C(F)(F)F)cc5Cl)C(=O)[C@@]3(c3ccc(Cl)cc3)[C@H]4c3cc(I)c(O)c(OC)c3)C2=O)cc1. The maximum Gasteiger partial charge on any atom is 0.417 e. The van der Waals surface area contributed by atoms with Crippen LogP contribution in [0.25, 0.3) is 0 Å². The van der Waals surface area contributed by atoms with E-state index in [2.05, 4.69) is 10.4 Å². The number of phenolic OH excluding ortho intramolecular Hbond substituents is 1. The molecule has 10 nitrogen and oxygen atoms in total. The molecule has 4 aliphatic rings. The highest BCUT2D eigenvalue weighted by Gasteiger charge is 2.70. The first-order valence-corrected chi connectivity index (χ1v) is 19.8. The largest absolute Gasteiger partial charge is 0.504 e. The number of ether oxygens (including phenoxy) is 1. The normalized spacial score (nSPS) is 25.6. The minimum atomic E-state index is -4.76. The summed E-state index contributed by atoms with van der Waals surface area (Å²) < 4.78 is 46.5. The number of hydrogen-bond donors (Lipinski definition) is 2. The number of nitrogens with one attached hydrogen (secondary N) is 1. The molecule has 3 fully saturated rings. The lowest BCUT2D eigenvalue weighted by atomic mass is 9.49. The summed E-state index contributed by atoms with van der Waals surface area (Å²) in [7, 11) is 1.38. The van der Waals surface area contributed by atoms with Gasteiger partial charge in [0.2, 0.25) is 11.8 Å². The molecule has 0 unspecified atom stereocenters. The molecule has 8 rings (SSSR count). The van der Waals surface area contributed by atoms with Gasteiger partial charge in [-0.15, -0.1) is 0 Å². The van der Waals surface area contributed by atoms with Gasteiger partial charge in [0.05, 0.1) is 50.1 Å². The summed E-state index contributed by atoms with van der Waals surface area (Å²) in [4.78, 5) is 64.1. The number of amides is 4. The molecule has 2 aliphatic heterocycles. The Hall–Kier alpha value is -4.67. The first-order chi connectivity index (χ1) is 27.1. The number of anilines is 2. The quantitative estimate of drug-likeness (QED) is 0.107. The molecule has 4 aromatic rings. The first-order valence-electron chi connectivity index (χ1n) is 18.0. The number of carbonyl (C=O) groups is 4. The monoisotopic (exact) mass is 930 g/mol. The summed E-state index contributed by atoms with van der Waals surface area (Å²) in [6, 6.07) is 17.6. The number of aryl methyl sites for hydroxylation is 1. The van der Waals surface area contributed by atoms with Crippen LogP contribution in [0.15, 0.2) is 84.6 Å². The first kappa shape index (κ1) is 39.2. The topological polar surface area (TPSA) is 129 Å². The number of pyridine rings is 1. The number of methoxy groups -OCH3 is 1. The van der Waals surface area contributed by atoms with E-state index in [0.717, 1.165) is 17.0 Å². The van der Waals surface area contributed by atoms with E-state index in [0.29, 0.717) is 43.2 Å². The number of aromatic nitrogens is 1. The van der Waals surface area contributed by atoms with Crippen molar-refractivity contribution in [3.05, 3.63) is 120 Å². The van der Waals surface area contributed by atoms with Crippen LogP contribution in [0.5, 0.6) is 11.5 Å². The zero-order valence-electron chi connectivity index (χ0n) is 30.1. The number of halogens is 6. The minimum Gasteiger partial charge on any atom is -0.504 e. The van der Waals surface area contributed by atoms with Crippen molar-refractivity contribution in [3.63, 3.8) is 0 Å². The van der Waals surface area contributed by atoms with Crippen LogP contribution in [0, 0.1) is 27.2 Å². The van der Waals surface area contributed by atoms with Crippen molar-refractivity contribution >= 4 is 80.9 Å². The number of hydrazine groups is 1. The van der Waals surface area contributed by atoms with E-state index in [-0.39, 0.29) is 36.1 Å².